The van der Waals surface area contributed by atoms with Crippen molar-refractivity contribution in [3.05, 3.63) is 24.3 Å². The fourth-order valence-electron chi connectivity index (χ4n) is 2.48. The standard InChI is InChI=1S/C14H17F2NO2S/c15-14(16)20-12-3-1-2-11(8-12)17-10-6-4-9(5-7-10)13(18)19/h1-3,8-10,14,17H,4-7H2,(H,18,19). The quantitative estimate of drug-likeness (QED) is 0.805. The van der Waals surface area contributed by atoms with E-state index in [0.29, 0.717) is 29.5 Å². The van der Waals surface area contributed by atoms with Crippen LogP contribution in [-0.2, 0) is 4.79 Å². The van der Waals surface area contributed by atoms with Crippen LogP contribution in [0, 0.1) is 5.92 Å². The molecule has 0 bridgehead atoms. The van der Waals surface area contributed by atoms with E-state index in [9.17, 15) is 13.6 Å². The molecule has 0 amide bonds. The number of carbonyl (C=O) groups is 1. The summed E-state index contributed by atoms with van der Waals surface area (Å²) in [5.41, 5.74) is 0.814. The molecule has 0 heterocycles. The van der Waals surface area contributed by atoms with Gasteiger partial charge in [-0.25, -0.2) is 0 Å². The second kappa shape index (κ2) is 6.92. The molecular weight excluding hydrogens is 284 g/mol. The maximum atomic E-state index is 12.3. The molecule has 1 fully saturated rings. The molecule has 20 heavy (non-hydrogen) atoms. The number of carboxylic acid groups (broad SMARTS) is 1. The van der Waals surface area contributed by atoms with Crippen LogP contribution in [0.5, 0.6) is 0 Å². The monoisotopic (exact) mass is 301 g/mol. The Morgan fingerprint density at radius 2 is 2.00 bits per heavy atom. The second-order valence-electron chi connectivity index (χ2n) is 4.94. The molecule has 0 saturated heterocycles. The molecule has 0 aromatic heterocycles. The number of aliphatic carboxylic acids is 1. The lowest BCUT2D eigenvalue weighted by atomic mass is 9.86. The number of anilines is 1. The Morgan fingerprint density at radius 1 is 1.30 bits per heavy atom. The van der Waals surface area contributed by atoms with Gasteiger partial charge < -0.3 is 10.4 Å². The van der Waals surface area contributed by atoms with E-state index >= 15 is 0 Å². The van der Waals surface area contributed by atoms with Gasteiger partial charge in [-0.15, -0.1) is 0 Å². The van der Waals surface area contributed by atoms with Crippen LogP contribution < -0.4 is 5.32 Å². The number of halogens is 2. The number of thioether (sulfide) groups is 1. The highest BCUT2D eigenvalue weighted by Crippen LogP contribution is 2.30. The Kier molecular flexibility index (Phi) is 5.23. The molecule has 1 aromatic carbocycles. The normalized spacial score (nSPS) is 22.8. The van der Waals surface area contributed by atoms with E-state index in [2.05, 4.69) is 5.32 Å². The zero-order valence-corrected chi connectivity index (χ0v) is 11.7. The second-order valence-corrected chi connectivity index (χ2v) is 6.00. The molecule has 1 aliphatic carbocycles. The average Bonchev–Trinajstić information content (AvgIpc) is 2.39. The molecule has 0 aliphatic heterocycles. The lowest BCUT2D eigenvalue weighted by Gasteiger charge is -2.27. The number of nitrogens with one attached hydrogen (secondary N) is 1. The number of alkyl halides is 2. The number of hydrogen-bond donors (Lipinski definition) is 2. The molecule has 2 N–H and O–H groups in total. The lowest BCUT2D eigenvalue weighted by molar-refractivity contribution is -0.142. The van der Waals surface area contributed by atoms with Gasteiger partial charge in [0.25, 0.3) is 5.76 Å². The number of benzene rings is 1. The minimum absolute atomic E-state index is 0.220. The maximum absolute atomic E-state index is 12.3. The van der Waals surface area contributed by atoms with Crippen molar-refractivity contribution in [3.63, 3.8) is 0 Å². The molecule has 1 aliphatic rings. The van der Waals surface area contributed by atoms with Crippen molar-refractivity contribution in [2.75, 3.05) is 5.32 Å². The Bertz CT molecular complexity index is 462. The molecule has 6 heteroatoms. The van der Waals surface area contributed by atoms with E-state index < -0.39 is 11.7 Å². The lowest BCUT2D eigenvalue weighted by Crippen LogP contribution is -2.29. The first-order valence-electron chi connectivity index (χ1n) is 6.59. The minimum Gasteiger partial charge on any atom is -0.481 e. The van der Waals surface area contributed by atoms with E-state index in [0.717, 1.165) is 18.5 Å². The third-order valence-corrected chi connectivity index (χ3v) is 4.21. The SMILES string of the molecule is O=C(O)C1CCC(Nc2cccc(SC(F)F)c2)CC1. The highest BCUT2D eigenvalue weighted by Gasteiger charge is 2.25. The Balaban J connectivity index is 1.89. The Hall–Kier alpha value is -1.30. The van der Waals surface area contributed by atoms with Crippen molar-refractivity contribution in [3.8, 4) is 0 Å². The van der Waals surface area contributed by atoms with Gasteiger partial charge in [0.15, 0.2) is 0 Å². The third-order valence-electron chi connectivity index (χ3n) is 3.51. The molecule has 0 unspecified atom stereocenters. The van der Waals surface area contributed by atoms with E-state index in [1.54, 1.807) is 18.2 Å². The van der Waals surface area contributed by atoms with Crippen molar-refractivity contribution >= 4 is 23.4 Å². The van der Waals surface area contributed by atoms with Gasteiger partial charge in [-0.3, -0.25) is 4.79 Å². The first-order valence-corrected chi connectivity index (χ1v) is 7.47. The van der Waals surface area contributed by atoms with Gasteiger partial charge in [-0.2, -0.15) is 8.78 Å². The molecule has 1 saturated carbocycles. The fraction of sp³-hybridized carbons (Fsp3) is 0.500. The van der Waals surface area contributed by atoms with Crippen molar-refractivity contribution in [2.24, 2.45) is 5.92 Å². The van der Waals surface area contributed by atoms with Crippen LogP contribution >= 0.6 is 11.8 Å². The van der Waals surface area contributed by atoms with E-state index in [-0.39, 0.29) is 12.0 Å². The van der Waals surface area contributed by atoms with Crippen LogP contribution in [0.1, 0.15) is 25.7 Å². The van der Waals surface area contributed by atoms with Gasteiger partial charge in [-0.1, -0.05) is 17.8 Å². The van der Waals surface area contributed by atoms with Crippen molar-refractivity contribution in [2.45, 2.75) is 42.4 Å². The summed E-state index contributed by atoms with van der Waals surface area (Å²) >= 11 is 0.528. The zero-order chi connectivity index (χ0) is 14.5. The molecule has 0 atom stereocenters. The van der Waals surface area contributed by atoms with Crippen molar-refractivity contribution in [1.29, 1.82) is 0 Å². The summed E-state index contributed by atoms with van der Waals surface area (Å²) in [6.45, 7) is 0. The molecule has 3 nitrogen and oxygen atoms in total. The highest BCUT2D eigenvalue weighted by molar-refractivity contribution is 7.99. The summed E-state index contributed by atoms with van der Waals surface area (Å²) in [5.74, 6) is -3.39. The molecule has 0 radical (unpaired) electrons. The van der Waals surface area contributed by atoms with Gasteiger partial charge in [0.05, 0.1) is 5.92 Å². The van der Waals surface area contributed by atoms with Crippen LogP contribution in [0.25, 0.3) is 0 Å². The first kappa shape index (κ1) is 15.1. The van der Waals surface area contributed by atoms with Gasteiger partial charge in [0.1, 0.15) is 0 Å². The topological polar surface area (TPSA) is 49.3 Å². The van der Waals surface area contributed by atoms with E-state index in [1.165, 1.54) is 0 Å². The zero-order valence-electron chi connectivity index (χ0n) is 10.9. The van der Waals surface area contributed by atoms with Crippen LogP contribution in [0.3, 0.4) is 0 Å². The molecule has 110 valence electrons. The van der Waals surface area contributed by atoms with E-state index in [4.69, 9.17) is 5.11 Å². The van der Waals surface area contributed by atoms with Crippen LogP contribution in [-0.4, -0.2) is 22.9 Å². The highest BCUT2D eigenvalue weighted by atomic mass is 32.2. The van der Waals surface area contributed by atoms with Crippen LogP contribution in [0.2, 0.25) is 0 Å². The van der Waals surface area contributed by atoms with Crippen molar-refractivity contribution < 1.29 is 18.7 Å². The number of carboxylic acids is 1. The largest absolute Gasteiger partial charge is 0.481 e. The summed E-state index contributed by atoms with van der Waals surface area (Å²) < 4.78 is 24.6. The number of rotatable bonds is 5. The predicted molar refractivity (Wildman–Crippen MR) is 75.3 cm³/mol. The summed E-state index contributed by atoms with van der Waals surface area (Å²) in [5, 5.41) is 12.2. The van der Waals surface area contributed by atoms with Gasteiger partial charge in [0, 0.05) is 16.6 Å². The Labute approximate surface area is 120 Å². The summed E-state index contributed by atoms with van der Waals surface area (Å²) in [4.78, 5) is 11.4. The van der Waals surface area contributed by atoms with Crippen LogP contribution in [0.4, 0.5) is 14.5 Å². The first-order chi connectivity index (χ1) is 9.54. The maximum Gasteiger partial charge on any atom is 0.306 e. The molecule has 1 aromatic rings. The van der Waals surface area contributed by atoms with Crippen molar-refractivity contribution in [1.82, 2.24) is 0 Å². The summed E-state index contributed by atoms with van der Waals surface area (Å²) in [6.07, 6.45) is 2.92. The van der Waals surface area contributed by atoms with Gasteiger partial charge in [0.2, 0.25) is 0 Å². The summed E-state index contributed by atoms with van der Waals surface area (Å²) in [6, 6.07) is 7.18. The van der Waals surface area contributed by atoms with E-state index in [1.807, 2.05) is 6.07 Å². The minimum atomic E-state index is -2.42. The fourth-order valence-corrected chi connectivity index (χ4v) is 3.04. The third kappa shape index (κ3) is 4.37. The molecule has 0 spiro atoms. The Morgan fingerprint density at radius 3 is 2.60 bits per heavy atom. The predicted octanol–water partition coefficient (Wildman–Crippen LogP) is 4.06. The molecule has 2 rings (SSSR count). The van der Waals surface area contributed by atoms with Gasteiger partial charge >= 0.3 is 5.97 Å². The smallest absolute Gasteiger partial charge is 0.306 e. The summed E-state index contributed by atoms with van der Waals surface area (Å²) in [7, 11) is 0. The molecular formula is C14H17F2NO2S. The average molecular weight is 301 g/mol. The van der Waals surface area contributed by atoms with Crippen LogP contribution in [0.15, 0.2) is 29.2 Å². The number of hydrogen-bond acceptors (Lipinski definition) is 3. The van der Waals surface area contributed by atoms with Gasteiger partial charge in [-0.05, 0) is 43.9 Å².